The Labute approximate surface area is 113 Å². The summed E-state index contributed by atoms with van der Waals surface area (Å²) in [4.78, 5) is 0. The van der Waals surface area contributed by atoms with Crippen molar-refractivity contribution in [3.63, 3.8) is 0 Å². The molecule has 108 valence electrons. The molecule has 0 heterocycles. The van der Waals surface area contributed by atoms with Gasteiger partial charge in [-0.1, -0.05) is 18.0 Å². The summed E-state index contributed by atoms with van der Waals surface area (Å²) in [5.74, 6) is -0.894. The highest BCUT2D eigenvalue weighted by molar-refractivity contribution is 6.30. The van der Waals surface area contributed by atoms with Crippen LogP contribution in [0.3, 0.4) is 0 Å². The van der Waals surface area contributed by atoms with Gasteiger partial charge in [0, 0.05) is 11.6 Å². The molecule has 4 N–H and O–H groups in total. The van der Waals surface area contributed by atoms with Crippen LogP contribution in [0.5, 0.6) is 0 Å². The summed E-state index contributed by atoms with van der Waals surface area (Å²) in [6.45, 7) is 0.457. The Morgan fingerprint density at radius 2 is 1.84 bits per heavy atom. The Morgan fingerprint density at radius 3 is 2.37 bits per heavy atom. The number of unbranched alkanes of at least 4 members (excludes halogenated alkanes) is 1. The predicted octanol–water partition coefficient (Wildman–Crippen LogP) is 3.63. The SMILES string of the molecule is NCCCC[C@H](N)c1cc(C(F)(F)F)cc(Cl)c1F. The molecule has 0 saturated carbocycles. The van der Waals surface area contributed by atoms with E-state index >= 15 is 0 Å². The Morgan fingerprint density at radius 1 is 1.21 bits per heavy atom. The molecule has 0 saturated heterocycles. The molecule has 0 aliphatic carbocycles. The average Bonchev–Trinajstić information content (AvgIpc) is 2.31. The molecule has 1 atom stereocenters. The number of nitrogens with two attached hydrogens (primary N) is 2. The number of hydrogen-bond donors (Lipinski definition) is 2. The third-order valence-electron chi connectivity index (χ3n) is 2.75. The van der Waals surface area contributed by atoms with E-state index in [-0.39, 0.29) is 5.56 Å². The maximum absolute atomic E-state index is 13.7. The van der Waals surface area contributed by atoms with E-state index in [1.165, 1.54) is 0 Å². The molecule has 7 heteroatoms. The molecule has 2 nitrogen and oxygen atoms in total. The van der Waals surface area contributed by atoms with E-state index < -0.39 is 28.6 Å². The zero-order valence-corrected chi connectivity index (χ0v) is 10.9. The van der Waals surface area contributed by atoms with Gasteiger partial charge in [-0.15, -0.1) is 0 Å². The fourth-order valence-electron chi connectivity index (χ4n) is 1.71. The average molecular weight is 299 g/mol. The van der Waals surface area contributed by atoms with Gasteiger partial charge in [0.2, 0.25) is 0 Å². The Kier molecular flexibility index (Phi) is 5.58. The molecule has 0 aromatic heterocycles. The molecule has 1 rings (SSSR count). The summed E-state index contributed by atoms with van der Waals surface area (Å²) in [6, 6.07) is 0.452. The highest BCUT2D eigenvalue weighted by Gasteiger charge is 2.32. The quantitative estimate of drug-likeness (QED) is 0.644. The molecule has 0 aliphatic heterocycles. The predicted molar refractivity (Wildman–Crippen MR) is 66.2 cm³/mol. The third-order valence-corrected chi connectivity index (χ3v) is 3.03. The zero-order chi connectivity index (χ0) is 14.6. The van der Waals surface area contributed by atoms with E-state index in [1.54, 1.807) is 0 Å². The van der Waals surface area contributed by atoms with Gasteiger partial charge in [0.1, 0.15) is 5.82 Å². The lowest BCUT2D eigenvalue weighted by Crippen LogP contribution is -2.15. The highest BCUT2D eigenvalue weighted by atomic mass is 35.5. The van der Waals surface area contributed by atoms with Crippen LogP contribution in [0.4, 0.5) is 17.6 Å². The van der Waals surface area contributed by atoms with E-state index in [9.17, 15) is 17.6 Å². The van der Waals surface area contributed by atoms with Crippen molar-refractivity contribution in [2.45, 2.75) is 31.5 Å². The van der Waals surface area contributed by atoms with Crippen LogP contribution < -0.4 is 11.5 Å². The molecule has 0 spiro atoms. The van der Waals surface area contributed by atoms with Crippen molar-refractivity contribution < 1.29 is 17.6 Å². The summed E-state index contributed by atoms with van der Waals surface area (Å²) in [7, 11) is 0. The standard InChI is InChI=1S/C12H15ClF4N2/c13-9-6-7(12(15,16)17)5-8(11(9)14)10(19)3-1-2-4-18/h5-6,10H,1-4,18-19H2/t10-/m0/s1. The summed E-state index contributed by atoms with van der Waals surface area (Å²) in [5.41, 5.74) is 9.81. The van der Waals surface area contributed by atoms with Crippen molar-refractivity contribution in [3.05, 3.63) is 34.1 Å². The lowest BCUT2D eigenvalue weighted by atomic mass is 9.99. The monoisotopic (exact) mass is 298 g/mol. The van der Waals surface area contributed by atoms with Crippen molar-refractivity contribution in [2.24, 2.45) is 11.5 Å². The van der Waals surface area contributed by atoms with Gasteiger partial charge in [0.25, 0.3) is 0 Å². The van der Waals surface area contributed by atoms with Crippen molar-refractivity contribution in [2.75, 3.05) is 6.54 Å². The Balaban J connectivity index is 3.02. The first-order chi connectivity index (χ1) is 8.77. The minimum Gasteiger partial charge on any atom is -0.330 e. The van der Waals surface area contributed by atoms with Crippen molar-refractivity contribution in [3.8, 4) is 0 Å². The minimum absolute atomic E-state index is 0.211. The van der Waals surface area contributed by atoms with Gasteiger partial charge in [-0.2, -0.15) is 13.2 Å². The van der Waals surface area contributed by atoms with Crippen LogP contribution in [0, 0.1) is 5.82 Å². The first kappa shape index (κ1) is 16.2. The summed E-state index contributed by atoms with van der Waals surface area (Å²) in [5, 5.41) is -0.570. The van der Waals surface area contributed by atoms with Crippen LogP contribution in [0.2, 0.25) is 5.02 Å². The molecule has 0 unspecified atom stereocenters. The summed E-state index contributed by atoms with van der Waals surface area (Å²) in [6.07, 6.45) is -2.93. The van der Waals surface area contributed by atoms with Crippen LogP contribution in [0.25, 0.3) is 0 Å². The topological polar surface area (TPSA) is 52.0 Å². The molecule has 0 aliphatic rings. The minimum atomic E-state index is -4.58. The fourth-order valence-corrected chi connectivity index (χ4v) is 1.93. The number of halogens is 5. The van der Waals surface area contributed by atoms with Crippen molar-refractivity contribution in [1.82, 2.24) is 0 Å². The maximum atomic E-state index is 13.7. The van der Waals surface area contributed by atoms with E-state index in [4.69, 9.17) is 23.1 Å². The fraction of sp³-hybridized carbons (Fsp3) is 0.500. The lowest BCUT2D eigenvalue weighted by molar-refractivity contribution is -0.137. The van der Waals surface area contributed by atoms with Gasteiger partial charge in [-0.25, -0.2) is 4.39 Å². The zero-order valence-electron chi connectivity index (χ0n) is 10.1. The van der Waals surface area contributed by atoms with E-state index in [1.807, 2.05) is 0 Å². The second-order valence-electron chi connectivity index (χ2n) is 4.25. The normalized spacial score (nSPS) is 13.6. The lowest BCUT2D eigenvalue weighted by Gasteiger charge is -2.16. The molecule has 0 radical (unpaired) electrons. The molecular formula is C12H15ClF4N2. The van der Waals surface area contributed by atoms with Crippen LogP contribution >= 0.6 is 11.6 Å². The Hall–Kier alpha value is -0.850. The second kappa shape index (κ2) is 6.54. The molecule has 19 heavy (non-hydrogen) atoms. The number of rotatable bonds is 5. The molecule has 0 amide bonds. The van der Waals surface area contributed by atoms with Gasteiger partial charge in [0.05, 0.1) is 10.6 Å². The molecule has 1 aromatic carbocycles. The van der Waals surface area contributed by atoms with Crippen molar-refractivity contribution in [1.29, 1.82) is 0 Å². The largest absolute Gasteiger partial charge is 0.416 e. The second-order valence-corrected chi connectivity index (χ2v) is 4.66. The molecule has 1 aromatic rings. The highest BCUT2D eigenvalue weighted by Crippen LogP contribution is 2.35. The van der Waals surface area contributed by atoms with Gasteiger partial charge >= 0.3 is 6.18 Å². The summed E-state index contributed by atoms with van der Waals surface area (Å²) >= 11 is 5.48. The first-order valence-electron chi connectivity index (χ1n) is 5.79. The smallest absolute Gasteiger partial charge is 0.330 e. The van der Waals surface area contributed by atoms with Gasteiger partial charge in [-0.3, -0.25) is 0 Å². The Bertz CT molecular complexity index is 434. The van der Waals surface area contributed by atoms with Crippen LogP contribution in [-0.4, -0.2) is 6.54 Å². The number of alkyl halides is 3. The van der Waals surface area contributed by atoms with E-state index in [0.29, 0.717) is 37.9 Å². The van der Waals surface area contributed by atoms with Crippen LogP contribution in [0.15, 0.2) is 12.1 Å². The van der Waals surface area contributed by atoms with Crippen LogP contribution in [0.1, 0.15) is 36.4 Å². The van der Waals surface area contributed by atoms with Crippen LogP contribution in [-0.2, 0) is 6.18 Å². The van der Waals surface area contributed by atoms with Gasteiger partial charge in [0.15, 0.2) is 0 Å². The molecule has 0 fully saturated rings. The molecule has 0 bridgehead atoms. The van der Waals surface area contributed by atoms with Crippen molar-refractivity contribution >= 4 is 11.6 Å². The number of hydrogen-bond acceptors (Lipinski definition) is 2. The first-order valence-corrected chi connectivity index (χ1v) is 6.17. The third kappa shape index (κ3) is 4.33. The van der Waals surface area contributed by atoms with Gasteiger partial charge < -0.3 is 11.5 Å². The number of benzene rings is 1. The maximum Gasteiger partial charge on any atom is 0.416 e. The van der Waals surface area contributed by atoms with E-state index in [2.05, 4.69) is 0 Å². The van der Waals surface area contributed by atoms with E-state index in [0.717, 1.165) is 0 Å². The molecular weight excluding hydrogens is 284 g/mol. The summed E-state index contributed by atoms with van der Waals surface area (Å²) < 4.78 is 51.6. The van der Waals surface area contributed by atoms with Gasteiger partial charge in [-0.05, 0) is 31.5 Å².